The van der Waals surface area contributed by atoms with Crippen molar-refractivity contribution in [1.82, 2.24) is 20.9 Å². The number of fused-ring (bicyclic) bond motifs is 1. The first kappa shape index (κ1) is 35.0. The molecular weight excluding hydrogens is 554 g/mol. The lowest BCUT2D eigenvalue weighted by Crippen LogP contribution is -2.57. The summed E-state index contributed by atoms with van der Waals surface area (Å²) in [6, 6.07) is 3.41. The number of nitrogens with one attached hydrogen (secondary N) is 4. The van der Waals surface area contributed by atoms with Crippen LogP contribution in [-0.2, 0) is 25.6 Å². The number of H-pyrrole nitrogens is 1. The average Bonchev–Trinajstić information content (AvgIpc) is 3.35. The molecule has 0 spiro atoms. The van der Waals surface area contributed by atoms with Crippen LogP contribution in [-0.4, -0.2) is 77.0 Å². The molecule has 0 fully saturated rings. The third kappa shape index (κ3) is 11.9. The first-order chi connectivity index (χ1) is 20.4. The molecule has 0 saturated carbocycles. The molecule has 2 rings (SSSR count). The summed E-state index contributed by atoms with van der Waals surface area (Å²) in [6.07, 6.45) is 4.05. The number of guanidine groups is 1. The van der Waals surface area contributed by atoms with Crippen LogP contribution in [0, 0.1) is 5.92 Å². The molecular formula is C29H47N9O5. The number of aliphatic carboxylic acids is 1. The SMILES string of the molecule is CC(C)CC(N)C(=O)NC(Cc1c[nH]c2ccccc12)C(=O)NC(CCCCN)C(=O)NC(CCCN=C(N)N)C(=O)O. The molecule has 43 heavy (non-hydrogen) atoms. The number of nitrogens with two attached hydrogens (primary N) is 4. The number of benzene rings is 1. The molecule has 4 atom stereocenters. The largest absolute Gasteiger partial charge is 0.480 e. The number of amides is 3. The Morgan fingerprint density at radius 1 is 0.907 bits per heavy atom. The van der Waals surface area contributed by atoms with Crippen molar-refractivity contribution in [3.8, 4) is 0 Å². The second kappa shape index (κ2) is 17.7. The number of nitrogens with zero attached hydrogens (tertiary/aromatic N) is 1. The Morgan fingerprint density at radius 3 is 2.19 bits per heavy atom. The number of hydrogen-bond donors (Lipinski definition) is 9. The van der Waals surface area contributed by atoms with Gasteiger partial charge >= 0.3 is 5.97 Å². The van der Waals surface area contributed by atoms with Gasteiger partial charge in [-0.1, -0.05) is 32.0 Å². The molecule has 1 aromatic carbocycles. The molecule has 14 heteroatoms. The minimum atomic E-state index is -1.23. The fourth-order valence-corrected chi connectivity index (χ4v) is 4.69. The Hall–Kier alpha value is -4.17. The van der Waals surface area contributed by atoms with E-state index in [0.29, 0.717) is 32.2 Å². The maximum absolute atomic E-state index is 13.7. The molecule has 14 nitrogen and oxygen atoms in total. The van der Waals surface area contributed by atoms with Crippen LogP contribution in [0.15, 0.2) is 35.5 Å². The zero-order valence-electron chi connectivity index (χ0n) is 25.0. The number of carbonyl (C=O) groups is 4. The van der Waals surface area contributed by atoms with Gasteiger partial charge in [-0.2, -0.15) is 0 Å². The van der Waals surface area contributed by atoms with Crippen molar-refractivity contribution in [2.75, 3.05) is 13.1 Å². The third-order valence-corrected chi connectivity index (χ3v) is 6.93. The molecule has 1 aromatic heterocycles. The van der Waals surface area contributed by atoms with E-state index in [0.717, 1.165) is 16.5 Å². The van der Waals surface area contributed by atoms with Crippen molar-refractivity contribution in [1.29, 1.82) is 0 Å². The molecule has 2 aromatic rings. The molecule has 0 radical (unpaired) electrons. The van der Waals surface area contributed by atoms with Crippen molar-refractivity contribution in [3.05, 3.63) is 36.0 Å². The van der Waals surface area contributed by atoms with E-state index in [1.807, 2.05) is 38.1 Å². The summed E-state index contributed by atoms with van der Waals surface area (Å²) < 4.78 is 0. The number of para-hydroxylation sites is 1. The smallest absolute Gasteiger partial charge is 0.326 e. The number of aromatic nitrogens is 1. The maximum Gasteiger partial charge on any atom is 0.326 e. The van der Waals surface area contributed by atoms with Crippen LogP contribution in [0.25, 0.3) is 10.9 Å². The molecule has 238 valence electrons. The van der Waals surface area contributed by atoms with Crippen LogP contribution in [0.3, 0.4) is 0 Å². The summed E-state index contributed by atoms with van der Waals surface area (Å²) >= 11 is 0. The lowest BCUT2D eigenvalue weighted by Gasteiger charge is -2.25. The van der Waals surface area contributed by atoms with E-state index in [-0.39, 0.29) is 37.7 Å². The molecule has 4 unspecified atom stereocenters. The van der Waals surface area contributed by atoms with Crippen LogP contribution < -0.4 is 38.9 Å². The van der Waals surface area contributed by atoms with Crippen molar-refractivity contribution in [3.63, 3.8) is 0 Å². The summed E-state index contributed by atoms with van der Waals surface area (Å²) in [7, 11) is 0. The van der Waals surface area contributed by atoms with E-state index in [2.05, 4.69) is 25.9 Å². The predicted molar refractivity (Wildman–Crippen MR) is 166 cm³/mol. The van der Waals surface area contributed by atoms with Gasteiger partial charge in [0.25, 0.3) is 0 Å². The summed E-state index contributed by atoms with van der Waals surface area (Å²) in [5.41, 5.74) is 24.0. The molecule has 13 N–H and O–H groups in total. The van der Waals surface area contributed by atoms with Crippen molar-refractivity contribution < 1.29 is 24.3 Å². The van der Waals surface area contributed by atoms with Gasteiger partial charge in [0.15, 0.2) is 5.96 Å². The lowest BCUT2D eigenvalue weighted by atomic mass is 10.0. The number of aliphatic imine (C=N–C) groups is 1. The summed E-state index contributed by atoms with van der Waals surface area (Å²) in [6.45, 7) is 4.48. The molecule has 0 aliphatic heterocycles. The Labute approximate surface area is 251 Å². The van der Waals surface area contributed by atoms with Crippen LogP contribution >= 0.6 is 0 Å². The van der Waals surface area contributed by atoms with Gasteiger partial charge in [-0.15, -0.1) is 0 Å². The van der Waals surface area contributed by atoms with Crippen molar-refractivity contribution >= 4 is 40.6 Å². The zero-order chi connectivity index (χ0) is 31.9. The zero-order valence-corrected chi connectivity index (χ0v) is 25.0. The Balaban J connectivity index is 2.26. The minimum Gasteiger partial charge on any atom is -0.480 e. The number of hydrogen-bond acceptors (Lipinski definition) is 7. The predicted octanol–water partition coefficient (Wildman–Crippen LogP) is -0.195. The number of aromatic amines is 1. The first-order valence-electron chi connectivity index (χ1n) is 14.6. The van der Waals surface area contributed by atoms with E-state index in [1.54, 1.807) is 6.20 Å². The number of rotatable bonds is 19. The highest BCUT2D eigenvalue weighted by Gasteiger charge is 2.31. The Kier molecular flexibility index (Phi) is 14.4. The van der Waals surface area contributed by atoms with Gasteiger partial charge in [-0.3, -0.25) is 19.4 Å². The Bertz CT molecular complexity index is 1240. The summed E-state index contributed by atoms with van der Waals surface area (Å²) in [4.78, 5) is 58.8. The van der Waals surface area contributed by atoms with E-state index >= 15 is 0 Å². The van der Waals surface area contributed by atoms with E-state index in [9.17, 15) is 24.3 Å². The Morgan fingerprint density at radius 2 is 1.53 bits per heavy atom. The summed E-state index contributed by atoms with van der Waals surface area (Å²) in [5, 5.41) is 18.6. The lowest BCUT2D eigenvalue weighted by molar-refractivity contribution is -0.142. The molecule has 1 heterocycles. The van der Waals surface area contributed by atoms with Crippen LogP contribution in [0.2, 0.25) is 0 Å². The van der Waals surface area contributed by atoms with Gasteiger partial charge in [0.1, 0.15) is 18.1 Å². The highest BCUT2D eigenvalue weighted by Crippen LogP contribution is 2.19. The van der Waals surface area contributed by atoms with Gasteiger partial charge in [-0.05, 0) is 62.6 Å². The van der Waals surface area contributed by atoms with E-state index in [4.69, 9.17) is 22.9 Å². The van der Waals surface area contributed by atoms with Gasteiger partial charge in [0.05, 0.1) is 6.04 Å². The van der Waals surface area contributed by atoms with E-state index in [1.165, 1.54) is 0 Å². The standard InChI is InChI=1S/C29H47N9O5/c1-17(2)14-20(31)25(39)38-24(15-18-16-35-21-9-4-3-8-19(18)21)27(41)36-22(10-5-6-12-30)26(40)37-23(28(42)43)11-7-13-34-29(32)33/h3-4,8-9,16-17,20,22-24,35H,5-7,10-15,30-31H2,1-2H3,(H,36,41)(H,37,40)(H,38,39)(H,42,43)(H4,32,33,34). The molecule has 0 bridgehead atoms. The topological polar surface area (TPSA) is 257 Å². The van der Waals surface area contributed by atoms with E-state index < -0.39 is 47.9 Å². The summed E-state index contributed by atoms with van der Waals surface area (Å²) in [5.74, 6) is -2.91. The van der Waals surface area contributed by atoms with Crippen molar-refractivity contribution in [2.45, 2.75) is 83.0 Å². The quantitative estimate of drug-likeness (QED) is 0.0586. The maximum atomic E-state index is 13.7. The second-order valence-corrected chi connectivity index (χ2v) is 11.1. The molecule has 0 aliphatic carbocycles. The number of carboxylic acid groups (broad SMARTS) is 1. The fourth-order valence-electron chi connectivity index (χ4n) is 4.69. The highest BCUT2D eigenvalue weighted by molar-refractivity contribution is 5.95. The van der Waals surface area contributed by atoms with Crippen LogP contribution in [0.4, 0.5) is 0 Å². The van der Waals surface area contributed by atoms with Gasteiger partial charge in [0.2, 0.25) is 17.7 Å². The highest BCUT2D eigenvalue weighted by atomic mass is 16.4. The number of carboxylic acids is 1. The van der Waals surface area contributed by atoms with Crippen LogP contribution in [0.1, 0.15) is 57.9 Å². The van der Waals surface area contributed by atoms with Crippen LogP contribution in [0.5, 0.6) is 0 Å². The molecule has 3 amide bonds. The average molecular weight is 602 g/mol. The monoisotopic (exact) mass is 601 g/mol. The van der Waals surface area contributed by atoms with Gasteiger partial charge < -0.3 is 49.0 Å². The number of carbonyl (C=O) groups excluding carboxylic acids is 3. The van der Waals surface area contributed by atoms with Gasteiger partial charge in [-0.25, -0.2) is 4.79 Å². The van der Waals surface area contributed by atoms with Crippen molar-refractivity contribution in [2.24, 2.45) is 33.8 Å². The normalized spacial score (nSPS) is 14.0. The van der Waals surface area contributed by atoms with Gasteiger partial charge in [0, 0.05) is 30.1 Å². The molecule has 0 saturated heterocycles. The third-order valence-electron chi connectivity index (χ3n) is 6.93. The first-order valence-corrected chi connectivity index (χ1v) is 14.6. The minimum absolute atomic E-state index is 0.0777. The molecule has 0 aliphatic rings. The fraction of sp³-hybridized carbons (Fsp3) is 0.552. The second-order valence-electron chi connectivity index (χ2n) is 11.1. The number of unbranched alkanes of at least 4 members (excludes halogenated alkanes) is 1.